The molecular formula is C7H14N2. The molecule has 0 saturated carbocycles. The van der Waals surface area contributed by atoms with Crippen LogP contribution in [0.5, 0.6) is 0 Å². The smallest absolute Gasteiger partial charge is 0.00266 e. The van der Waals surface area contributed by atoms with Gasteiger partial charge in [-0.1, -0.05) is 6.92 Å². The zero-order chi connectivity index (χ0) is 7.28. The predicted octanol–water partition coefficient (Wildman–Crippen LogP) is 1.10. The lowest BCUT2D eigenvalue weighted by atomic mass is 10.1. The number of nitrogens with two attached hydrogens (primary N) is 2. The summed E-state index contributed by atoms with van der Waals surface area (Å²) in [6.07, 6.45) is 4.11. The summed E-state index contributed by atoms with van der Waals surface area (Å²) in [5, 5.41) is 0. The van der Waals surface area contributed by atoms with Crippen molar-refractivity contribution in [2.45, 2.75) is 20.3 Å². The van der Waals surface area contributed by atoms with Gasteiger partial charge in [0.15, 0.2) is 0 Å². The molecule has 0 saturated heterocycles. The number of rotatable bonds is 2. The molecule has 2 nitrogen and oxygen atoms in total. The molecule has 0 aliphatic heterocycles. The molecule has 0 atom stereocenters. The van der Waals surface area contributed by atoms with Gasteiger partial charge in [-0.3, -0.25) is 0 Å². The maximum atomic E-state index is 5.30. The molecule has 4 N–H and O–H groups in total. The van der Waals surface area contributed by atoms with Crippen molar-refractivity contribution in [3.63, 3.8) is 0 Å². The first-order chi connectivity index (χ1) is 4.26. The first-order valence-electron chi connectivity index (χ1n) is 3.05. The van der Waals surface area contributed by atoms with Crippen molar-refractivity contribution >= 4 is 0 Å². The standard InChI is InChI=1S/C7H14N2/c1-3-7(5-9)6(2)4-8/h4-5H,3,8-9H2,1-2H3/b6-4-,7-5-. The maximum absolute atomic E-state index is 5.30. The van der Waals surface area contributed by atoms with Crippen LogP contribution in [0.4, 0.5) is 0 Å². The van der Waals surface area contributed by atoms with E-state index in [1.165, 1.54) is 0 Å². The Kier molecular flexibility index (Phi) is 3.60. The van der Waals surface area contributed by atoms with E-state index < -0.39 is 0 Å². The molecule has 0 aliphatic rings. The molecule has 0 fully saturated rings. The van der Waals surface area contributed by atoms with Crippen molar-refractivity contribution in [3.8, 4) is 0 Å². The number of allylic oxidation sites excluding steroid dienone is 2. The Hall–Kier alpha value is -0.920. The summed E-state index contributed by atoms with van der Waals surface area (Å²) in [7, 11) is 0. The highest BCUT2D eigenvalue weighted by Crippen LogP contribution is 2.08. The van der Waals surface area contributed by atoms with E-state index in [9.17, 15) is 0 Å². The van der Waals surface area contributed by atoms with Crippen LogP contribution < -0.4 is 11.5 Å². The molecular weight excluding hydrogens is 112 g/mol. The normalized spacial score (nSPS) is 14.0. The van der Waals surface area contributed by atoms with E-state index in [0.717, 1.165) is 17.6 Å². The third kappa shape index (κ3) is 2.22. The first-order valence-corrected chi connectivity index (χ1v) is 3.05. The molecule has 0 aromatic heterocycles. The van der Waals surface area contributed by atoms with Gasteiger partial charge in [-0.05, 0) is 36.9 Å². The zero-order valence-corrected chi connectivity index (χ0v) is 6.02. The summed E-state index contributed by atoms with van der Waals surface area (Å²) in [5.41, 5.74) is 12.7. The van der Waals surface area contributed by atoms with Crippen LogP contribution in [0.2, 0.25) is 0 Å². The fourth-order valence-corrected chi connectivity index (χ4v) is 0.635. The molecule has 0 aromatic carbocycles. The molecule has 0 heterocycles. The van der Waals surface area contributed by atoms with Crippen LogP contribution in [0.3, 0.4) is 0 Å². The van der Waals surface area contributed by atoms with Gasteiger partial charge in [-0.25, -0.2) is 0 Å². The lowest BCUT2D eigenvalue weighted by Crippen LogP contribution is -1.92. The van der Waals surface area contributed by atoms with Gasteiger partial charge in [0.2, 0.25) is 0 Å². The predicted molar refractivity (Wildman–Crippen MR) is 40.5 cm³/mol. The monoisotopic (exact) mass is 126 g/mol. The summed E-state index contributed by atoms with van der Waals surface area (Å²) in [5.74, 6) is 0. The van der Waals surface area contributed by atoms with E-state index in [0.29, 0.717) is 0 Å². The summed E-state index contributed by atoms with van der Waals surface area (Å²) >= 11 is 0. The van der Waals surface area contributed by atoms with Crippen molar-refractivity contribution in [1.29, 1.82) is 0 Å². The van der Waals surface area contributed by atoms with Crippen LogP contribution in [-0.4, -0.2) is 0 Å². The van der Waals surface area contributed by atoms with Gasteiger partial charge in [0.05, 0.1) is 0 Å². The Bertz CT molecular complexity index is 134. The highest BCUT2D eigenvalue weighted by atomic mass is 14.5. The van der Waals surface area contributed by atoms with Crippen LogP contribution in [-0.2, 0) is 0 Å². The number of hydrogen-bond acceptors (Lipinski definition) is 2. The maximum Gasteiger partial charge on any atom is -0.00266 e. The summed E-state index contributed by atoms with van der Waals surface area (Å²) in [4.78, 5) is 0. The van der Waals surface area contributed by atoms with Crippen LogP contribution in [0.15, 0.2) is 23.5 Å². The Labute approximate surface area is 56.2 Å². The molecule has 9 heavy (non-hydrogen) atoms. The van der Waals surface area contributed by atoms with Crippen molar-refractivity contribution in [2.75, 3.05) is 0 Å². The van der Waals surface area contributed by atoms with E-state index in [4.69, 9.17) is 11.5 Å². The first kappa shape index (κ1) is 8.08. The Morgan fingerprint density at radius 2 is 1.89 bits per heavy atom. The second-order valence-corrected chi connectivity index (χ2v) is 1.90. The number of hydrogen-bond donors (Lipinski definition) is 2. The van der Waals surface area contributed by atoms with Gasteiger partial charge in [0.25, 0.3) is 0 Å². The third-order valence-electron chi connectivity index (χ3n) is 1.34. The minimum atomic E-state index is 0.941. The SMILES string of the molecule is CCC(=C/N)/C(C)=C\N. The van der Waals surface area contributed by atoms with Crippen molar-refractivity contribution < 1.29 is 0 Å². The van der Waals surface area contributed by atoms with Gasteiger partial charge >= 0.3 is 0 Å². The van der Waals surface area contributed by atoms with Crippen LogP contribution >= 0.6 is 0 Å². The minimum absolute atomic E-state index is 0.941. The van der Waals surface area contributed by atoms with E-state index in [1.54, 1.807) is 12.4 Å². The van der Waals surface area contributed by atoms with Gasteiger partial charge < -0.3 is 11.5 Å². The summed E-state index contributed by atoms with van der Waals surface area (Å²) in [6.45, 7) is 3.99. The Morgan fingerprint density at radius 3 is 2.00 bits per heavy atom. The molecule has 2 heteroatoms. The highest BCUT2D eigenvalue weighted by Gasteiger charge is 1.92. The largest absolute Gasteiger partial charge is 0.404 e. The molecule has 0 unspecified atom stereocenters. The molecule has 52 valence electrons. The second-order valence-electron chi connectivity index (χ2n) is 1.90. The average Bonchev–Trinajstić information content (AvgIpc) is 1.90. The quantitative estimate of drug-likeness (QED) is 0.544. The molecule has 0 rings (SSSR count). The van der Waals surface area contributed by atoms with Gasteiger partial charge in [-0.15, -0.1) is 0 Å². The van der Waals surface area contributed by atoms with Crippen LogP contribution in [0.1, 0.15) is 20.3 Å². The van der Waals surface area contributed by atoms with E-state index in [1.807, 2.05) is 13.8 Å². The zero-order valence-electron chi connectivity index (χ0n) is 6.02. The van der Waals surface area contributed by atoms with E-state index in [-0.39, 0.29) is 0 Å². The van der Waals surface area contributed by atoms with E-state index >= 15 is 0 Å². The van der Waals surface area contributed by atoms with E-state index in [2.05, 4.69) is 0 Å². The van der Waals surface area contributed by atoms with Gasteiger partial charge in [-0.2, -0.15) is 0 Å². The molecule has 0 aromatic rings. The van der Waals surface area contributed by atoms with Crippen molar-refractivity contribution in [3.05, 3.63) is 23.5 Å². The Balaban J connectivity index is 4.14. The fraction of sp³-hybridized carbons (Fsp3) is 0.429. The van der Waals surface area contributed by atoms with Crippen LogP contribution in [0, 0.1) is 0 Å². The van der Waals surface area contributed by atoms with Crippen LogP contribution in [0.25, 0.3) is 0 Å². The minimum Gasteiger partial charge on any atom is -0.404 e. The van der Waals surface area contributed by atoms with Gasteiger partial charge in [0, 0.05) is 0 Å². The molecule has 0 bridgehead atoms. The highest BCUT2D eigenvalue weighted by molar-refractivity contribution is 5.26. The molecule has 0 aliphatic carbocycles. The third-order valence-corrected chi connectivity index (χ3v) is 1.34. The lowest BCUT2D eigenvalue weighted by molar-refractivity contribution is 1.09. The Morgan fingerprint density at radius 1 is 1.33 bits per heavy atom. The fourth-order valence-electron chi connectivity index (χ4n) is 0.635. The van der Waals surface area contributed by atoms with Crippen molar-refractivity contribution in [2.24, 2.45) is 11.5 Å². The molecule has 0 amide bonds. The summed E-state index contributed by atoms with van der Waals surface area (Å²) in [6, 6.07) is 0. The lowest BCUT2D eigenvalue weighted by Gasteiger charge is -2.00. The van der Waals surface area contributed by atoms with Gasteiger partial charge in [0.1, 0.15) is 0 Å². The average molecular weight is 126 g/mol. The van der Waals surface area contributed by atoms with Crippen molar-refractivity contribution in [1.82, 2.24) is 0 Å². The molecule has 0 spiro atoms. The molecule has 0 radical (unpaired) electrons. The second kappa shape index (κ2) is 4.01. The summed E-state index contributed by atoms with van der Waals surface area (Å²) < 4.78 is 0. The topological polar surface area (TPSA) is 52.0 Å².